The fourth-order valence-electron chi connectivity index (χ4n) is 2.10. The highest BCUT2D eigenvalue weighted by Crippen LogP contribution is 2.18. The summed E-state index contributed by atoms with van der Waals surface area (Å²) in [6.07, 6.45) is 1.83. The monoisotopic (exact) mass is 282 g/mol. The molecule has 0 saturated heterocycles. The molecule has 0 aliphatic heterocycles. The Morgan fingerprint density at radius 1 is 1.10 bits per heavy atom. The summed E-state index contributed by atoms with van der Waals surface area (Å²) in [6.45, 7) is 5.58. The van der Waals surface area contributed by atoms with Gasteiger partial charge in [-0.1, -0.05) is 48.5 Å². The predicted molar refractivity (Wildman–Crippen MR) is 87.2 cm³/mol. The van der Waals surface area contributed by atoms with Crippen LogP contribution in [0.4, 0.5) is 0 Å². The first-order chi connectivity index (χ1) is 10.3. The smallest absolute Gasteiger partial charge is 0.119 e. The van der Waals surface area contributed by atoms with Gasteiger partial charge in [0.1, 0.15) is 12.4 Å². The first kappa shape index (κ1) is 15.3. The Hall–Kier alpha value is -2.10. The van der Waals surface area contributed by atoms with Crippen LogP contribution in [0.15, 0.2) is 67.3 Å². The number of hydrogen-bond donors (Lipinski definition) is 2. The molecule has 2 aromatic carbocycles. The van der Waals surface area contributed by atoms with Gasteiger partial charge in [0.15, 0.2) is 0 Å². The average molecular weight is 282 g/mol. The molecule has 0 spiro atoms. The van der Waals surface area contributed by atoms with Gasteiger partial charge >= 0.3 is 0 Å². The van der Waals surface area contributed by atoms with Crippen LogP contribution in [0.3, 0.4) is 0 Å². The summed E-state index contributed by atoms with van der Waals surface area (Å²) in [5.41, 5.74) is 8.11. The van der Waals surface area contributed by atoms with E-state index < -0.39 is 0 Å². The van der Waals surface area contributed by atoms with Crippen molar-refractivity contribution in [3.63, 3.8) is 0 Å². The molecule has 2 aromatic rings. The molecule has 0 fully saturated rings. The first-order valence-corrected chi connectivity index (χ1v) is 7.14. The third-order valence-corrected chi connectivity index (χ3v) is 3.28. The highest BCUT2D eigenvalue weighted by molar-refractivity contribution is 5.30. The van der Waals surface area contributed by atoms with Crippen LogP contribution in [-0.2, 0) is 6.61 Å². The van der Waals surface area contributed by atoms with Crippen LogP contribution in [0.5, 0.6) is 5.75 Å². The van der Waals surface area contributed by atoms with Crippen molar-refractivity contribution in [3.8, 4) is 5.75 Å². The molecule has 0 saturated carbocycles. The van der Waals surface area contributed by atoms with Gasteiger partial charge in [-0.05, 0) is 23.3 Å². The quantitative estimate of drug-likeness (QED) is 0.732. The van der Waals surface area contributed by atoms with Crippen molar-refractivity contribution in [3.05, 3.63) is 78.4 Å². The maximum absolute atomic E-state index is 5.79. The zero-order valence-corrected chi connectivity index (χ0v) is 12.2. The summed E-state index contributed by atoms with van der Waals surface area (Å²) in [4.78, 5) is 0. The van der Waals surface area contributed by atoms with Crippen molar-refractivity contribution in [1.82, 2.24) is 5.32 Å². The van der Waals surface area contributed by atoms with E-state index in [9.17, 15) is 0 Å². The molecular formula is C18H22N2O. The van der Waals surface area contributed by atoms with Gasteiger partial charge < -0.3 is 15.8 Å². The molecule has 2 rings (SSSR count). The van der Waals surface area contributed by atoms with E-state index in [1.165, 1.54) is 0 Å². The van der Waals surface area contributed by atoms with Crippen LogP contribution in [-0.4, -0.2) is 13.1 Å². The first-order valence-electron chi connectivity index (χ1n) is 7.14. The minimum absolute atomic E-state index is 0.145. The molecule has 0 aliphatic rings. The van der Waals surface area contributed by atoms with Crippen LogP contribution >= 0.6 is 0 Å². The van der Waals surface area contributed by atoms with Gasteiger partial charge in [0.05, 0.1) is 0 Å². The van der Waals surface area contributed by atoms with Crippen LogP contribution < -0.4 is 15.8 Å². The topological polar surface area (TPSA) is 47.3 Å². The summed E-state index contributed by atoms with van der Waals surface area (Å²) in [5, 5.41) is 3.33. The Labute approximate surface area is 126 Å². The van der Waals surface area contributed by atoms with Gasteiger partial charge in [-0.25, -0.2) is 0 Å². The molecule has 0 bridgehead atoms. The Morgan fingerprint density at radius 2 is 1.81 bits per heavy atom. The van der Waals surface area contributed by atoms with Crippen molar-refractivity contribution in [1.29, 1.82) is 0 Å². The molecule has 0 radical (unpaired) electrons. The van der Waals surface area contributed by atoms with E-state index in [0.29, 0.717) is 13.2 Å². The lowest BCUT2D eigenvalue weighted by molar-refractivity contribution is 0.306. The summed E-state index contributed by atoms with van der Waals surface area (Å²) in [6, 6.07) is 18.3. The zero-order valence-electron chi connectivity index (χ0n) is 12.2. The lowest BCUT2D eigenvalue weighted by atomic mass is 10.1. The van der Waals surface area contributed by atoms with Gasteiger partial charge in [-0.15, -0.1) is 6.58 Å². The largest absolute Gasteiger partial charge is 0.489 e. The Kier molecular flexibility index (Phi) is 6.00. The van der Waals surface area contributed by atoms with E-state index in [2.05, 4.69) is 24.0 Å². The van der Waals surface area contributed by atoms with Crippen LogP contribution in [0, 0.1) is 0 Å². The highest BCUT2D eigenvalue weighted by Gasteiger charge is 2.07. The number of hydrogen-bond acceptors (Lipinski definition) is 3. The van der Waals surface area contributed by atoms with Crippen molar-refractivity contribution in [2.45, 2.75) is 12.6 Å². The number of ether oxygens (including phenoxy) is 1. The summed E-state index contributed by atoms with van der Waals surface area (Å²) in [5.74, 6) is 0.863. The summed E-state index contributed by atoms with van der Waals surface area (Å²) < 4.78 is 5.77. The summed E-state index contributed by atoms with van der Waals surface area (Å²) in [7, 11) is 0. The Morgan fingerprint density at radius 3 is 2.43 bits per heavy atom. The van der Waals surface area contributed by atoms with Gasteiger partial charge in [-0.2, -0.15) is 0 Å². The normalized spacial score (nSPS) is 11.9. The van der Waals surface area contributed by atoms with E-state index in [1.807, 2.05) is 48.5 Å². The third kappa shape index (κ3) is 4.74. The van der Waals surface area contributed by atoms with Gasteiger partial charge in [0.25, 0.3) is 0 Å². The molecule has 0 aromatic heterocycles. The molecule has 110 valence electrons. The molecule has 0 aliphatic carbocycles. The molecule has 1 unspecified atom stereocenters. The SMILES string of the molecule is C=CCNC(CN)c1ccc(OCc2ccccc2)cc1. The second-order valence-electron chi connectivity index (χ2n) is 4.83. The Bertz CT molecular complexity index is 537. The minimum Gasteiger partial charge on any atom is -0.489 e. The lowest BCUT2D eigenvalue weighted by Gasteiger charge is -2.16. The molecule has 3 nitrogen and oxygen atoms in total. The standard InChI is InChI=1S/C18H22N2O/c1-2-12-20-18(13-19)16-8-10-17(11-9-16)21-14-15-6-4-3-5-7-15/h2-11,18,20H,1,12-14,19H2. The maximum Gasteiger partial charge on any atom is 0.119 e. The Balaban J connectivity index is 1.93. The van der Waals surface area contributed by atoms with Crippen molar-refractivity contribution in [2.75, 3.05) is 13.1 Å². The number of rotatable bonds is 8. The molecule has 3 N–H and O–H groups in total. The molecule has 21 heavy (non-hydrogen) atoms. The van der Waals surface area contributed by atoms with Crippen LogP contribution in [0.2, 0.25) is 0 Å². The fourth-order valence-corrected chi connectivity index (χ4v) is 2.10. The van der Waals surface area contributed by atoms with E-state index in [4.69, 9.17) is 10.5 Å². The van der Waals surface area contributed by atoms with Gasteiger partial charge in [0.2, 0.25) is 0 Å². The highest BCUT2D eigenvalue weighted by atomic mass is 16.5. The lowest BCUT2D eigenvalue weighted by Crippen LogP contribution is -2.28. The minimum atomic E-state index is 0.145. The molecule has 3 heteroatoms. The van der Waals surface area contributed by atoms with E-state index in [0.717, 1.165) is 23.4 Å². The average Bonchev–Trinajstić information content (AvgIpc) is 2.56. The van der Waals surface area contributed by atoms with E-state index >= 15 is 0 Å². The molecule has 0 amide bonds. The van der Waals surface area contributed by atoms with Crippen molar-refractivity contribution in [2.24, 2.45) is 5.73 Å². The summed E-state index contributed by atoms with van der Waals surface area (Å²) >= 11 is 0. The molecular weight excluding hydrogens is 260 g/mol. The number of nitrogens with two attached hydrogens (primary N) is 1. The number of benzene rings is 2. The van der Waals surface area contributed by atoms with Crippen LogP contribution in [0.1, 0.15) is 17.2 Å². The predicted octanol–water partition coefficient (Wildman–Crippen LogP) is 3.04. The third-order valence-electron chi connectivity index (χ3n) is 3.28. The second kappa shape index (κ2) is 8.25. The molecule has 1 atom stereocenters. The maximum atomic E-state index is 5.79. The second-order valence-corrected chi connectivity index (χ2v) is 4.83. The van der Waals surface area contributed by atoms with E-state index in [-0.39, 0.29) is 6.04 Å². The molecule has 0 heterocycles. The van der Waals surface area contributed by atoms with Gasteiger partial charge in [0, 0.05) is 19.1 Å². The fraction of sp³-hybridized carbons (Fsp3) is 0.222. The van der Waals surface area contributed by atoms with Crippen molar-refractivity contribution >= 4 is 0 Å². The van der Waals surface area contributed by atoms with E-state index in [1.54, 1.807) is 0 Å². The zero-order chi connectivity index (χ0) is 14.9. The van der Waals surface area contributed by atoms with Crippen molar-refractivity contribution < 1.29 is 4.74 Å². The number of nitrogens with one attached hydrogen (secondary N) is 1. The van der Waals surface area contributed by atoms with Gasteiger partial charge in [-0.3, -0.25) is 0 Å². The van der Waals surface area contributed by atoms with Crippen LogP contribution in [0.25, 0.3) is 0 Å².